The summed E-state index contributed by atoms with van der Waals surface area (Å²) in [6, 6.07) is 26.0. The Bertz CT molecular complexity index is 993. The molecule has 0 aliphatic carbocycles. The summed E-state index contributed by atoms with van der Waals surface area (Å²) in [6.07, 6.45) is 0. The van der Waals surface area contributed by atoms with Gasteiger partial charge in [0.05, 0.1) is 0 Å². The molecule has 4 aromatic rings. The summed E-state index contributed by atoms with van der Waals surface area (Å²) in [6.45, 7) is 8.56. The highest BCUT2D eigenvalue weighted by Gasteiger charge is 1.96. The molecule has 0 aliphatic heterocycles. The second kappa shape index (κ2) is 6.88. The van der Waals surface area contributed by atoms with E-state index in [-0.39, 0.29) is 0 Å². The third kappa shape index (κ3) is 3.49. The van der Waals surface area contributed by atoms with E-state index in [0.29, 0.717) is 0 Å². The van der Waals surface area contributed by atoms with Crippen molar-refractivity contribution in [2.75, 3.05) is 0 Å². The zero-order valence-corrected chi connectivity index (χ0v) is 14.9. The van der Waals surface area contributed by atoms with Crippen molar-refractivity contribution in [1.82, 2.24) is 0 Å². The predicted molar refractivity (Wildman–Crippen MR) is 107 cm³/mol. The normalized spacial score (nSPS) is 10.5. The van der Waals surface area contributed by atoms with Gasteiger partial charge in [0.2, 0.25) is 0 Å². The molecule has 0 N–H and O–H groups in total. The molecule has 0 aromatic heterocycles. The highest BCUT2D eigenvalue weighted by Crippen LogP contribution is 2.19. The van der Waals surface area contributed by atoms with Crippen LogP contribution in [0.2, 0.25) is 0 Å². The third-order valence-electron chi connectivity index (χ3n) is 4.51. The molecule has 0 bridgehead atoms. The van der Waals surface area contributed by atoms with Gasteiger partial charge in [-0.3, -0.25) is 0 Å². The molecule has 0 aliphatic rings. The SMILES string of the molecule is Cc1ccc2c(C)cccc2c1.Cc1ccc2cccc(C)c2c1. The van der Waals surface area contributed by atoms with Gasteiger partial charge in [0.15, 0.2) is 0 Å². The van der Waals surface area contributed by atoms with Crippen LogP contribution in [0.25, 0.3) is 21.5 Å². The molecule has 24 heavy (non-hydrogen) atoms. The minimum atomic E-state index is 1.33. The van der Waals surface area contributed by atoms with Gasteiger partial charge in [0.1, 0.15) is 0 Å². The van der Waals surface area contributed by atoms with Gasteiger partial charge >= 0.3 is 0 Å². The Kier molecular flexibility index (Phi) is 4.66. The van der Waals surface area contributed by atoms with Crippen molar-refractivity contribution in [2.45, 2.75) is 27.7 Å². The van der Waals surface area contributed by atoms with Gasteiger partial charge < -0.3 is 0 Å². The molecular formula is C24H24. The summed E-state index contributed by atoms with van der Waals surface area (Å²) in [4.78, 5) is 0. The Labute approximate surface area is 144 Å². The maximum atomic E-state index is 2.24. The molecule has 4 aromatic carbocycles. The Morgan fingerprint density at radius 2 is 1.04 bits per heavy atom. The zero-order valence-electron chi connectivity index (χ0n) is 14.9. The standard InChI is InChI=1S/2C12H12/c1-9-6-7-12-10(2)4-3-5-11(12)8-9;1-9-6-7-11-5-3-4-10(2)12(11)8-9/h2*3-8H,1-2H3. The van der Waals surface area contributed by atoms with Crippen molar-refractivity contribution in [3.05, 3.63) is 95.1 Å². The van der Waals surface area contributed by atoms with Crippen LogP contribution in [0.15, 0.2) is 72.8 Å². The van der Waals surface area contributed by atoms with Gasteiger partial charge in [-0.2, -0.15) is 0 Å². The lowest BCUT2D eigenvalue weighted by atomic mass is 10.0. The third-order valence-corrected chi connectivity index (χ3v) is 4.51. The summed E-state index contributed by atoms with van der Waals surface area (Å²) in [5.74, 6) is 0. The highest BCUT2D eigenvalue weighted by molar-refractivity contribution is 5.86. The molecule has 0 amide bonds. The smallest absolute Gasteiger partial charge is 0.0152 e. The monoisotopic (exact) mass is 312 g/mol. The molecule has 0 saturated heterocycles. The number of benzene rings is 4. The van der Waals surface area contributed by atoms with Crippen LogP contribution in [-0.4, -0.2) is 0 Å². The lowest BCUT2D eigenvalue weighted by Gasteiger charge is -2.01. The summed E-state index contributed by atoms with van der Waals surface area (Å²) in [7, 11) is 0. The number of rotatable bonds is 0. The lowest BCUT2D eigenvalue weighted by Crippen LogP contribution is -1.78. The van der Waals surface area contributed by atoms with Crippen LogP contribution in [0.4, 0.5) is 0 Å². The van der Waals surface area contributed by atoms with Crippen molar-refractivity contribution in [1.29, 1.82) is 0 Å². The van der Waals surface area contributed by atoms with Crippen molar-refractivity contribution in [3.8, 4) is 0 Å². The Morgan fingerprint density at radius 3 is 1.79 bits per heavy atom. The fraction of sp³-hybridized carbons (Fsp3) is 0.167. The van der Waals surface area contributed by atoms with Gasteiger partial charge in [0, 0.05) is 0 Å². The minimum Gasteiger partial charge on any atom is -0.0614 e. The first-order valence-corrected chi connectivity index (χ1v) is 8.46. The number of hydrogen-bond donors (Lipinski definition) is 0. The van der Waals surface area contributed by atoms with E-state index in [4.69, 9.17) is 0 Å². The minimum absolute atomic E-state index is 1.33. The second-order valence-corrected chi connectivity index (χ2v) is 6.60. The molecule has 0 heterocycles. The molecule has 0 spiro atoms. The Morgan fingerprint density at radius 1 is 0.458 bits per heavy atom. The van der Waals surface area contributed by atoms with E-state index < -0.39 is 0 Å². The molecule has 0 atom stereocenters. The first-order chi connectivity index (χ1) is 11.5. The fourth-order valence-electron chi connectivity index (χ4n) is 3.11. The summed E-state index contributed by atoms with van der Waals surface area (Å²) >= 11 is 0. The molecule has 0 nitrogen and oxygen atoms in total. The number of aryl methyl sites for hydroxylation is 4. The Hall–Kier alpha value is -2.60. The Balaban J connectivity index is 0.000000141. The molecule has 4 rings (SSSR count). The largest absolute Gasteiger partial charge is 0.0614 e. The summed E-state index contributed by atoms with van der Waals surface area (Å²) in [5.41, 5.74) is 5.37. The lowest BCUT2D eigenvalue weighted by molar-refractivity contribution is 1.47. The van der Waals surface area contributed by atoms with Crippen LogP contribution in [0.3, 0.4) is 0 Å². The van der Waals surface area contributed by atoms with Crippen molar-refractivity contribution in [3.63, 3.8) is 0 Å². The molecule has 120 valence electrons. The van der Waals surface area contributed by atoms with Crippen LogP contribution in [-0.2, 0) is 0 Å². The molecule has 0 fully saturated rings. The molecule has 0 heteroatoms. The molecular weight excluding hydrogens is 288 g/mol. The number of hydrogen-bond acceptors (Lipinski definition) is 0. The predicted octanol–water partition coefficient (Wildman–Crippen LogP) is 6.91. The van der Waals surface area contributed by atoms with Crippen LogP contribution < -0.4 is 0 Å². The van der Waals surface area contributed by atoms with E-state index in [2.05, 4.69) is 100 Å². The summed E-state index contributed by atoms with van der Waals surface area (Å²) < 4.78 is 0. The van der Waals surface area contributed by atoms with Gasteiger partial charge in [-0.25, -0.2) is 0 Å². The van der Waals surface area contributed by atoms with Gasteiger partial charge in [-0.1, -0.05) is 83.9 Å². The maximum absolute atomic E-state index is 2.24. The topological polar surface area (TPSA) is 0 Å². The van der Waals surface area contributed by atoms with Crippen LogP contribution in [0.1, 0.15) is 22.3 Å². The van der Waals surface area contributed by atoms with Crippen LogP contribution in [0, 0.1) is 27.7 Å². The quantitative estimate of drug-likeness (QED) is 0.331. The van der Waals surface area contributed by atoms with E-state index in [9.17, 15) is 0 Å². The summed E-state index contributed by atoms with van der Waals surface area (Å²) in [5, 5.41) is 5.41. The average molecular weight is 312 g/mol. The van der Waals surface area contributed by atoms with Crippen LogP contribution >= 0.6 is 0 Å². The first-order valence-electron chi connectivity index (χ1n) is 8.46. The molecule has 0 saturated carbocycles. The first kappa shape index (κ1) is 16.3. The van der Waals surface area contributed by atoms with E-state index in [1.807, 2.05) is 0 Å². The van der Waals surface area contributed by atoms with Crippen molar-refractivity contribution < 1.29 is 0 Å². The van der Waals surface area contributed by atoms with Gasteiger partial charge in [-0.15, -0.1) is 0 Å². The maximum Gasteiger partial charge on any atom is -0.0152 e. The van der Waals surface area contributed by atoms with Gasteiger partial charge in [-0.05, 0) is 60.4 Å². The van der Waals surface area contributed by atoms with Gasteiger partial charge in [0.25, 0.3) is 0 Å². The van der Waals surface area contributed by atoms with Crippen molar-refractivity contribution >= 4 is 21.5 Å². The van der Waals surface area contributed by atoms with Crippen LogP contribution in [0.5, 0.6) is 0 Å². The highest BCUT2D eigenvalue weighted by atomic mass is 14.0. The fourth-order valence-corrected chi connectivity index (χ4v) is 3.11. The van der Waals surface area contributed by atoms with E-state index >= 15 is 0 Å². The zero-order chi connectivity index (χ0) is 17.1. The average Bonchev–Trinajstić information content (AvgIpc) is 2.56. The molecule has 0 radical (unpaired) electrons. The van der Waals surface area contributed by atoms with E-state index in [1.54, 1.807) is 0 Å². The van der Waals surface area contributed by atoms with E-state index in [0.717, 1.165) is 0 Å². The van der Waals surface area contributed by atoms with Crippen molar-refractivity contribution in [2.24, 2.45) is 0 Å². The molecule has 0 unspecified atom stereocenters. The number of fused-ring (bicyclic) bond motifs is 2. The second-order valence-electron chi connectivity index (χ2n) is 6.60. The van der Waals surface area contributed by atoms with E-state index in [1.165, 1.54) is 43.8 Å².